The van der Waals surface area contributed by atoms with Crippen LogP contribution in [0, 0.1) is 0 Å². The number of carbonyl (C=O) groups excluding carboxylic acids is 1. The van der Waals surface area contributed by atoms with Gasteiger partial charge in [-0.05, 0) is 77.0 Å². The van der Waals surface area contributed by atoms with Gasteiger partial charge in [-0.3, -0.25) is 4.79 Å². The zero-order valence-corrected chi connectivity index (χ0v) is 44.6. The fourth-order valence-electron chi connectivity index (χ4n) is 8.17. The zero-order valence-electron chi connectivity index (χ0n) is 44.6. The summed E-state index contributed by atoms with van der Waals surface area (Å²) in [7, 11) is 0. The highest BCUT2D eigenvalue weighted by molar-refractivity contribution is 5.69. The highest BCUT2D eigenvalue weighted by atomic mass is 16.7. The quantitative estimate of drug-likeness (QED) is 0.0172. The maximum Gasteiger partial charge on any atom is 0.306 e. The second-order valence-electron chi connectivity index (χ2n) is 19.0. The van der Waals surface area contributed by atoms with E-state index in [-0.39, 0.29) is 19.6 Å². The normalized spacial score (nSPS) is 25.7. The molecule has 14 heteroatoms. The van der Waals surface area contributed by atoms with Gasteiger partial charge in [-0.15, -0.1) is 0 Å². The van der Waals surface area contributed by atoms with E-state index in [0.29, 0.717) is 13.0 Å². The lowest BCUT2D eigenvalue weighted by molar-refractivity contribution is -0.332. The van der Waals surface area contributed by atoms with Crippen LogP contribution in [0.1, 0.15) is 168 Å². The Labute approximate surface area is 439 Å². The van der Waals surface area contributed by atoms with E-state index in [1.165, 1.54) is 70.6 Å². The summed E-state index contributed by atoms with van der Waals surface area (Å²) in [6.45, 7) is 3.34. The molecule has 0 aromatic carbocycles. The number of aliphatic hydroxyl groups excluding tert-OH is 7. The lowest BCUT2D eigenvalue weighted by atomic mass is 9.98. The Kier molecular flexibility index (Phi) is 40.8. The molecule has 0 bridgehead atoms. The van der Waals surface area contributed by atoms with Crippen molar-refractivity contribution >= 4 is 5.97 Å². The standard InChI is InChI=1S/C59H98O14/c1-3-5-7-9-11-13-15-17-18-19-20-21-22-23-24-25-26-27-28-29-31-33-35-37-39-41-43-68-45-48(71-51(61)42-40-38-36-34-32-30-16-14-12-10-8-6-4-2)46-69-58-57(67)55(65)53(63)50(73-58)47-70-59-56(66)54(64)52(62)49(44-60)72-59/h5-8,11-14,17-18,20-21,30,32,36,38,48-50,52-60,62-67H,3-4,9-10,15-16,19,22-29,31,33-35,37,39-47H2,1-2H3/b7-5-,8-6-,13-11-,14-12-,18-17-,21-20-,32-30-,38-36-. The Morgan fingerprint density at radius 3 is 1.33 bits per heavy atom. The minimum absolute atomic E-state index is 0.0264. The topological polar surface area (TPSA) is 214 Å². The Bertz CT molecular complexity index is 1570. The van der Waals surface area contributed by atoms with E-state index in [0.717, 1.165) is 70.6 Å². The zero-order chi connectivity index (χ0) is 53.0. The number of hydrogen-bond donors (Lipinski definition) is 7. The van der Waals surface area contributed by atoms with Gasteiger partial charge in [0.1, 0.15) is 54.9 Å². The number of esters is 1. The Morgan fingerprint density at radius 2 is 0.849 bits per heavy atom. The monoisotopic (exact) mass is 1030 g/mol. The number of allylic oxidation sites excluding steroid dienone is 16. The van der Waals surface area contributed by atoms with Crippen molar-refractivity contribution in [2.24, 2.45) is 0 Å². The fourth-order valence-corrected chi connectivity index (χ4v) is 8.17. The Balaban J connectivity index is 1.70. The molecule has 2 heterocycles. The van der Waals surface area contributed by atoms with Crippen molar-refractivity contribution in [2.75, 3.05) is 33.0 Å². The van der Waals surface area contributed by atoms with Gasteiger partial charge in [-0.2, -0.15) is 0 Å². The van der Waals surface area contributed by atoms with E-state index >= 15 is 0 Å². The molecular formula is C59H98O14. The second-order valence-corrected chi connectivity index (χ2v) is 19.0. The third kappa shape index (κ3) is 32.2. The van der Waals surface area contributed by atoms with E-state index in [1.807, 2.05) is 12.2 Å². The van der Waals surface area contributed by atoms with Gasteiger partial charge in [0.25, 0.3) is 0 Å². The number of carbonyl (C=O) groups is 1. The van der Waals surface area contributed by atoms with Crippen molar-refractivity contribution in [3.05, 3.63) is 97.2 Å². The largest absolute Gasteiger partial charge is 0.457 e. The maximum absolute atomic E-state index is 13.0. The van der Waals surface area contributed by atoms with E-state index < -0.39 is 86.7 Å². The summed E-state index contributed by atoms with van der Waals surface area (Å²) in [5, 5.41) is 72.2. The van der Waals surface area contributed by atoms with Crippen molar-refractivity contribution in [3.63, 3.8) is 0 Å². The molecule has 73 heavy (non-hydrogen) atoms. The first-order chi connectivity index (χ1) is 35.6. The smallest absolute Gasteiger partial charge is 0.306 e. The first-order valence-electron chi connectivity index (χ1n) is 27.8. The number of hydrogen-bond acceptors (Lipinski definition) is 14. The van der Waals surface area contributed by atoms with Crippen molar-refractivity contribution in [2.45, 2.75) is 235 Å². The molecule has 0 aromatic heterocycles. The van der Waals surface area contributed by atoms with Gasteiger partial charge in [0.15, 0.2) is 12.6 Å². The summed E-state index contributed by atoms with van der Waals surface area (Å²) >= 11 is 0. The molecule has 0 radical (unpaired) electrons. The van der Waals surface area contributed by atoms with Gasteiger partial charge in [0.2, 0.25) is 0 Å². The van der Waals surface area contributed by atoms with Crippen LogP contribution in [0.3, 0.4) is 0 Å². The van der Waals surface area contributed by atoms with Crippen LogP contribution in [0.25, 0.3) is 0 Å². The van der Waals surface area contributed by atoms with Crippen LogP contribution in [-0.4, -0.2) is 142 Å². The maximum atomic E-state index is 13.0. The molecule has 14 nitrogen and oxygen atoms in total. The summed E-state index contributed by atoms with van der Waals surface area (Å²) in [5.74, 6) is -0.459. The minimum Gasteiger partial charge on any atom is -0.457 e. The lowest BCUT2D eigenvalue weighted by Crippen LogP contribution is -2.61. The molecule has 0 amide bonds. The third-order valence-corrected chi connectivity index (χ3v) is 12.6. The summed E-state index contributed by atoms with van der Waals surface area (Å²) in [6.07, 6.45) is 43.6. The number of aliphatic hydroxyl groups is 7. The molecular weight excluding hydrogens is 933 g/mol. The first-order valence-corrected chi connectivity index (χ1v) is 27.8. The van der Waals surface area contributed by atoms with Crippen LogP contribution < -0.4 is 0 Å². The first kappa shape index (κ1) is 66.0. The third-order valence-electron chi connectivity index (χ3n) is 12.6. The van der Waals surface area contributed by atoms with Crippen molar-refractivity contribution in [3.8, 4) is 0 Å². The SMILES string of the molecule is CC/C=C\C/C=C\C/C=C\C/C=C\CCCCCCCCCCCCCCCOCC(COC1OC(COC2OC(CO)C(O)C(O)C2O)C(O)C(O)C1O)OC(=O)CC/C=C\C/C=C\C/C=C\C/C=C\CC. The van der Waals surface area contributed by atoms with Crippen molar-refractivity contribution in [1.29, 1.82) is 0 Å². The summed E-state index contributed by atoms with van der Waals surface area (Å²) in [6, 6.07) is 0. The predicted molar refractivity (Wildman–Crippen MR) is 288 cm³/mol. The molecule has 0 aromatic rings. The van der Waals surface area contributed by atoms with Gasteiger partial charge in [-0.25, -0.2) is 0 Å². The summed E-state index contributed by atoms with van der Waals surface area (Å²) in [5.41, 5.74) is 0. The van der Waals surface area contributed by atoms with Gasteiger partial charge in [0, 0.05) is 13.0 Å². The van der Waals surface area contributed by atoms with Crippen LogP contribution in [-0.2, 0) is 33.2 Å². The second kappa shape index (κ2) is 45.1. The minimum atomic E-state index is -1.72. The van der Waals surface area contributed by atoms with E-state index in [4.69, 9.17) is 28.4 Å². The molecule has 2 saturated heterocycles. The van der Waals surface area contributed by atoms with Crippen LogP contribution in [0.2, 0.25) is 0 Å². The molecule has 0 saturated carbocycles. The Morgan fingerprint density at radius 1 is 0.452 bits per heavy atom. The molecule has 418 valence electrons. The van der Waals surface area contributed by atoms with Crippen LogP contribution >= 0.6 is 0 Å². The average molecular weight is 1030 g/mol. The molecule has 11 unspecified atom stereocenters. The van der Waals surface area contributed by atoms with Crippen molar-refractivity contribution in [1.82, 2.24) is 0 Å². The van der Waals surface area contributed by atoms with Crippen LogP contribution in [0.5, 0.6) is 0 Å². The van der Waals surface area contributed by atoms with Gasteiger partial charge < -0.3 is 64.2 Å². The van der Waals surface area contributed by atoms with Crippen LogP contribution in [0.15, 0.2) is 97.2 Å². The molecule has 2 fully saturated rings. The van der Waals surface area contributed by atoms with E-state index in [9.17, 15) is 40.5 Å². The fraction of sp³-hybridized carbons (Fsp3) is 0.712. The molecule has 2 aliphatic heterocycles. The molecule has 7 N–H and O–H groups in total. The van der Waals surface area contributed by atoms with E-state index in [1.54, 1.807) is 0 Å². The highest BCUT2D eigenvalue weighted by Crippen LogP contribution is 2.26. The van der Waals surface area contributed by atoms with Gasteiger partial charge >= 0.3 is 5.97 Å². The number of unbranched alkanes of at least 4 members (excludes halogenated alkanes) is 13. The van der Waals surface area contributed by atoms with E-state index in [2.05, 4.69) is 98.9 Å². The molecule has 0 aliphatic carbocycles. The number of rotatable bonds is 43. The summed E-state index contributed by atoms with van der Waals surface area (Å²) in [4.78, 5) is 13.0. The highest BCUT2D eigenvalue weighted by Gasteiger charge is 2.47. The molecule has 2 rings (SSSR count). The number of ether oxygens (including phenoxy) is 6. The van der Waals surface area contributed by atoms with Crippen molar-refractivity contribution < 1.29 is 69.0 Å². The predicted octanol–water partition coefficient (Wildman–Crippen LogP) is 9.41. The average Bonchev–Trinajstić information content (AvgIpc) is 3.39. The van der Waals surface area contributed by atoms with Gasteiger partial charge in [-0.1, -0.05) is 182 Å². The molecule has 0 spiro atoms. The van der Waals surface area contributed by atoms with Gasteiger partial charge in [0.05, 0.1) is 26.4 Å². The summed E-state index contributed by atoms with van der Waals surface area (Å²) < 4.78 is 34.2. The molecule has 11 atom stereocenters. The lowest BCUT2D eigenvalue weighted by Gasteiger charge is -2.42. The Hall–Kier alpha value is -3.09. The molecule has 2 aliphatic rings. The van der Waals surface area contributed by atoms with Crippen LogP contribution in [0.4, 0.5) is 0 Å².